The summed E-state index contributed by atoms with van der Waals surface area (Å²) in [4.78, 5) is 26.4. The van der Waals surface area contributed by atoms with Crippen molar-refractivity contribution in [1.29, 1.82) is 0 Å². The minimum absolute atomic E-state index is 0.00590. The van der Waals surface area contributed by atoms with Gasteiger partial charge in [0.25, 0.3) is 5.91 Å². The Labute approximate surface area is 153 Å². The quantitative estimate of drug-likeness (QED) is 0.469. The fourth-order valence-electron chi connectivity index (χ4n) is 2.35. The average Bonchev–Trinajstić information content (AvgIpc) is 3.15. The Balaban J connectivity index is 0.00000117. The van der Waals surface area contributed by atoms with E-state index in [1.807, 2.05) is 44.2 Å². The summed E-state index contributed by atoms with van der Waals surface area (Å²) in [5.41, 5.74) is 9.94. The first-order valence-electron chi connectivity index (χ1n) is 8.49. The summed E-state index contributed by atoms with van der Waals surface area (Å²) < 4.78 is 0. The Kier molecular flexibility index (Phi) is 6.33. The van der Waals surface area contributed by atoms with Crippen LogP contribution >= 0.6 is 0 Å². The molecule has 5 heteroatoms. The molecular weight excluding hydrogens is 326 g/mol. The van der Waals surface area contributed by atoms with Crippen LogP contribution < -0.4 is 11.1 Å². The summed E-state index contributed by atoms with van der Waals surface area (Å²) in [5.74, 6) is -0.197. The molecule has 2 aromatic carbocycles. The number of rotatable bonds is 4. The number of Topliss-reactive ketones (excluding diaryl/α,β-unsaturated/α-hetero) is 1. The summed E-state index contributed by atoms with van der Waals surface area (Å²) in [6.07, 6.45) is 1.79. The van der Waals surface area contributed by atoms with Crippen molar-refractivity contribution in [2.75, 3.05) is 11.1 Å². The third-order valence-electron chi connectivity index (χ3n) is 3.71. The van der Waals surface area contributed by atoms with Crippen molar-refractivity contribution < 1.29 is 9.59 Å². The zero-order valence-electron chi connectivity index (χ0n) is 15.2. The minimum Gasteiger partial charge on any atom is -0.399 e. The highest BCUT2D eigenvalue weighted by molar-refractivity contribution is 6.04. The van der Waals surface area contributed by atoms with Crippen LogP contribution in [-0.2, 0) is 0 Å². The highest BCUT2D eigenvalue weighted by Crippen LogP contribution is 2.23. The number of aromatic nitrogens is 1. The summed E-state index contributed by atoms with van der Waals surface area (Å²) >= 11 is 0. The summed E-state index contributed by atoms with van der Waals surface area (Å²) in [5, 5.41) is 2.84. The van der Waals surface area contributed by atoms with Crippen LogP contribution in [0.2, 0.25) is 0 Å². The highest BCUT2D eigenvalue weighted by atomic mass is 16.1. The van der Waals surface area contributed by atoms with Gasteiger partial charge in [0.2, 0.25) is 0 Å². The number of H-pyrrole nitrogens is 1. The number of nitrogens with one attached hydrogen (secondary N) is 2. The zero-order chi connectivity index (χ0) is 19.1. The molecule has 0 aliphatic carbocycles. The lowest BCUT2D eigenvalue weighted by Gasteiger charge is -2.06. The predicted molar refractivity (Wildman–Crippen MR) is 106 cm³/mol. The van der Waals surface area contributed by atoms with Gasteiger partial charge in [-0.3, -0.25) is 9.59 Å². The van der Waals surface area contributed by atoms with E-state index < -0.39 is 0 Å². The molecule has 3 rings (SSSR count). The van der Waals surface area contributed by atoms with Crippen LogP contribution in [0.1, 0.15) is 41.6 Å². The number of aromatic amines is 1. The van der Waals surface area contributed by atoms with Crippen molar-refractivity contribution in [1.82, 2.24) is 4.98 Å². The molecule has 0 atom stereocenters. The van der Waals surface area contributed by atoms with Gasteiger partial charge in [-0.2, -0.15) is 0 Å². The van der Waals surface area contributed by atoms with E-state index in [4.69, 9.17) is 5.73 Å². The Morgan fingerprint density at radius 1 is 0.923 bits per heavy atom. The van der Waals surface area contributed by atoms with Crippen molar-refractivity contribution in [3.63, 3.8) is 0 Å². The molecule has 1 heterocycles. The second-order valence-electron chi connectivity index (χ2n) is 5.51. The Morgan fingerprint density at radius 2 is 1.54 bits per heavy atom. The molecule has 4 N–H and O–H groups in total. The molecule has 0 saturated carbocycles. The van der Waals surface area contributed by atoms with E-state index >= 15 is 0 Å². The maximum absolute atomic E-state index is 12.2. The van der Waals surface area contributed by atoms with Gasteiger partial charge in [-0.1, -0.05) is 26.0 Å². The van der Waals surface area contributed by atoms with Crippen molar-refractivity contribution in [3.05, 3.63) is 72.1 Å². The molecular formula is C21H23N3O2. The molecule has 0 aliphatic heterocycles. The first-order chi connectivity index (χ1) is 12.5. The van der Waals surface area contributed by atoms with E-state index in [0.717, 1.165) is 11.1 Å². The fourth-order valence-corrected chi connectivity index (χ4v) is 2.35. The topological polar surface area (TPSA) is 88.0 Å². The van der Waals surface area contributed by atoms with Gasteiger partial charge in [0.1, 0.15) is 0 Å². The third-order valence-corrected chi connectivity index (χ3v) is 3.71. The lowest BCUT2D eigenvalue weighted by Crippen LogP contribution is -2.11. The van der Waals surface area contributed by atoms with Crippen molar-refractivity contribution in [2.24, 2.45) is 0 Å². The van der Waals surface area contributed by atoms with Gasteiger partial charge < -0.3 is 16.0 Å². The Bertz CT molecular complexity index is 878. The van der Waals surface area contributed by atoms with E-state index in [2.05, 4.69) is 10.3 Å². The lowest BCUT2D eigenvalue weighted by molar-refractivity contribution is 0.101. The van der Waals surface area contributed by atoms with E-state index in [0.29, 0.717) is 22.6 Å². The molecule has 0 spiro atoms. The minimum atomic E-state index is -0.191. The van der Waals surface area contributed by atoms with E-state index in [-0.39, 0.29) is 11.7 Å². The van der Waals surface area contributed by atoms with Crippen LogP contribution in [0.5, 0.6) is 0 Å². The van der Waals surface area contributed by atoms with Crippen molar-refractivity contribution >= 4 is 23.1 Å². The van der Waals surface area contributed by atoms with Gasteiger partial charge >= 0.3 is 0 Å². The highest BCUT2D eigenvalue weighted by Gasteiger charge is 2.08. The third kappa shape index (κ3) is 4.60. The SMILES string of the molecule is CC.CC(=O)c1cc(-c2ccc(NC(=O)c3ccc(N)cc3)cc2)c[nH]1. The van der Waals surface area contributed by atoms with Crippen LogP contribution in [0.15, 0.2) is 60.8 Å². The first kappa shape index (κ1) is 19.0. The monoisotopic (exact) mass is 349 g/mol. The second kappa shape index (κ2) is 8.67. The maximum Gasteiger partial charge on any atom is 0.255 e. The lowest BCUT2D eigenvalue weighted by atomic mass is 10.1. The number of benzene rings is 2. The largest absolute Gasteiger partial charge is 0.399 e. The number of ketones is 1. The summed E-state index contributed by atoms with van der Waals surface area (Å²) in [6.45, 7) is 5.52. The van der Waals surface area contributed by atoms with Crippen molar-refractivity contribution in [2.45, 2.75) is 20.8 Å². The molecule has 5 nitrogen and oxygen atoms in total. The summed E-state index contributed by atoms with van der Waals surface area (Å²) in [6, 6.07) is 16.0. The van der Waals surface area contributed by atoms with E-state index in [1.54, 1.807) is 30.5 Å². The smallest absolute Gasteiger partial charge is 0.255 e. The molecule has 26 heavy (non-hydrogen) atoms. The van der Waals surface area contributed by atoms with E-state index in [1.165, 1.54) is 6.92 Å². The molecule has 0 bridgehead atoms. The number of hydrogen-bond donors (Lipinski definition) is 3. The molecule has 1 amide bonds. The molecule has 0 radical (unpaired) electrons. The summed E-state index contributed by atoms with van der Waals surface area (Å²) in [7, 11) is 0. The predicted octanol–water partition coefficient (Wildman–Crippen LogP) is 4.75. The van der Waals surface area contributed by atoms with Crippen molar-refractivity contribution in [3.8, 4) is 11.1 Å². The zero-order valence-corrected chi connectivity index (χ0v) is 15.2. The molecule has 0 unspecified atom stereocenters. The number of carbonyl (C=O) groups is 2. The fraction of sp³-hybridized carbons (Fsp3) is 0.143. The Hall–Kier alpha value is -3.34. The van der Waals surface area contributed by atoms with Crippen LogP contribution in [0, 0.1) is 0 Å². The number of amides is 1. The standard InChI is InChI=1S/C19H17N3O2.C2H6/c1-12(23)18-10-15(11-21-18)13-4-8-17(9-5-13)22-19(24)14-2-6-16(20)7-3-14;1-2/h2-11,21H,20H2,1H3,(H,22,24);1-2H3. The van der Waals surface area contributed by atoms with Gasteiger partial charge in [-0.15, -0.1) is 0 Å². The second-order valence-corrected chi connectivity index (χ2v) is 5.51. The number of carbonyl (C=O) groups excluding carboxylic acids is 2. The number of nitrogens with two attached hydrogens (primary N) is 1. The molecule has 0 saturated heterocycles. The molecule has 3 aromatic rings. The van der Waals surface area contributed by atoms with Gasteiger partial charge in [0.15, 0.2) is 5.78 Å². The van der Waals surface area contributed by atoms with Gasteiger partial charge in [0.05, 0.1) is 5.69 Å². The molecule has 1 aromatic heterocycles. The van der Waals surface area contributed by atoms with Crippen LogP contribution in [0.25, 0.3) is 11.1 Å². The molecule has 0 fully saturated rings. The van der Waals surface area contributed by atoms with Crippen LogP contribution in [0.4, 0.5) is 11.4 Å². The molecule has 134 valence electrons. The number of nitrogen functional groups attached to an aromatic ring is 1. The average molecular weight is 349 g/mol. The van der Waals surface area contributed by atoms with Gasteiger partial charge in [0, 0.05) is 30.1 Å². The van der Waals surface area contributed by atoms with Crippen LogP contribution in [-0.4, -0.2) is 16.7 Å². The van der Waals surface area contributed by atoms with Gasteiger partial charge in [-0.25, -0.2) is 0 Å². The van der Waals surface area contributed by atoms with Gasteiger partial charge in [-0.05, 0) is 53.6 Å². The number of hydrogen-bond acceptors (Lipinski definition) is 3. The normalized spacial score (nSPS) is 9.81. The maximum atomic E-state index is 12.2. The van der Waals surface area contributed by atoms with Crippen LogP contribution in [0.3, 0.4) is 0 Å². The Morgan fingerprint density at radius 3 is 2.08 bits per heavy atom. The van der Waals surface area contributed by atoms with E-state index in [9.17, 15) is 9.59 Å². The first-order valence-corrected chi connectivity index (χ1v) is 8.49. The number of anilines is 2. The molecule has 0 aliphatic rings.